The van der Waals surface area contributed by atoms with Gasteiger partial charge in [-0.1, -0.05) is 166 Å². The molecular formula is C72H60N2O2. The summed E-state index contributed by atoms with van der Waals surface area (Å²) in [5.41, 5.74) is 27.4. The summed E-state index contributed by atoms with van der Waals surface area (Å²) in [6, 6.07) is 73.0. The summed E-state index contributed by atoms with van der Waals surface area (Å²) >= 11 is 0. The number of para-hydroxylation sites is 6. The summed E-state index contributed by atoms with van der Waals surface area (Å²) in [6.07, 6.45) is 0. The van der Waals surface area contributed by atoms with Crippen LogP contribution in [0.1, 0.15) is 110 Å². The van der Waals surface area contributed by atoms with Gasteiger partial charge in [-0.15, -0.1) is 0 Å². The molecule has 10 aromatic rings. The quantitative estimate of drug-likeness (QED) is 0.172. The van der Waals surface area contributed by atoms with Crippen LogP contribution >= 0.6 is 0 Å². The van der Waals surface area contributed by atoms with Crippen molar-refractivity contribution in [3.8, 4) is 34.1 Å². The van der Waals surface area contributed by atoms with E-state index < -0.39 is 16.2 Å². The highest BCUT2D eigenvalue weighted by Gasteiger charge is 2.55. The highest BCUT2D eigenvalue weighted by Crippen LogP contribution is 2.68. The summed E-state index contributed by atoms with van der Waals surface area (Å²) in [5, 5.41) is 0. The molecule has 370 valence electrons. The Morgan fingerprint density at radius 3 is 0.921 bits per heavy atom. The molecule has 0 bridgehead atoms. The highest BCUT2D eigenvalue weighted by molar-refractivity contribution is 5.99. The molecule has 0 radical (unpaired) electrons. The van der Waals surface area contributed by atoms with Crippen molar-refractivity contribution in [2.75, 3.05) is 9.80 Å². The lowest BCUT2D eigenvalue weighted by Gasteiger charge is -2.49. The molecule has 4 nitrogen and oxygen atoms in total. The Morgan fingerprint density at radius 1 is 0.303 bits per heavy atom. The molecule has 4 aliphatic heterocycles. The summed E-state index contributed by atoms with van der Waals surface area (Å²) in [7, 11) is 0. The fourth-order valence-corrected chi connectivity index (χ4v) is 15.0. The average molecular weight is 985 g/mol. The fraction of sp³-hybridized carbons (Fsp3) is 0.167. The van der Waals surface area contributed by atoms with Gasteiger partial charge in [0.15, 0.2) is 0 Å². The van der Waals surface area contributed by atoms with E-state index >= 15 is 0 Å². The molecule has 4 heterocycles. The molecule has 2 spiro atoms. The number of ether oxygens (including phenoxy) is 2. The molecule has 0 saturated carbocycles. The predicted octanol–water partition coefficient (Wildman–Crippen LogP) is 19.0. The first-order chi connectivity index (χ1) is 36.4. The van der Waals surface area contributed by atoms with Gasteiger partial charge in [-0.3, -0.25) is 0 Å². The van der Waals surface area contributed by atoms with E-state index in [-0.39, 0.29) is 7.43 Å². The standard InChI is InChI=1S/C71H56N2O2.CH4/c1-41-33-43(3)67(44(4)34-41)72-59-27-15-9-21-49(59)70(51-23-11-17-29-63(51)74-64-30-18-12-24-52(64)70)57-37-47-48-38-58-62(40-56(48)69(7,8)55(47)39-61(57)72)73(68-45(5)35-42(2)36-46(68)6)60-28-16-10-22-50(60)71(58)53-25-13-19-31-65(53)75-66-32-20-14-26-54(66)71;/h9-40H,1-8H3;1H4. The van der Waals surface area contributed by atoms with Crippen LogP contribution < -0.4 is 19.3 Å². The molecule has 10 aromatic carbocycles. The fourth-order valence-electron chi connectivity index (χ4n) is 15.0. The number of hydrogen-bond donors (Lipinski definition) is 0. The highest BCUT2D eigenvalue weighted by atomic mass is 16.5. The molecule has 0 amide bonds. The summed E-state index contributed by atoms with van der Waals surface area (Å²) in [6.45, 7) is 18.4. The second-order valence-corrected chi connectivity index (χ2v) is 22.3. The summed E-state index contributed by atoms with van der Waals surface area (Å²) in [5.74, 6) is 3.51. The van der Waals surface area contributed by atoms with Crippen LogP contribution in [0.15, 0.2) is 194 Å². The van der Waals surface area contributed by atoms with Crippen LogP contribution in [-0.4, -0.2) is 0 Å². The Labute approximate surface area is 447 Å². The SMILES string of the molecule is C.Cc1cc(C)c(N2c3ccccc3C3(c4ccccc4Oc4ccccc43)c3cc4c(cc32)C(C)(C)c2cc3c(cc2-4)C2(c4ccccc4Oc4ccccc42)c2ccccc2N3c2c(C)cc(C)cc2C)c(C)c1. The third-order valence-electron chi connectivity index (χ3n) is 17.6. The number of fused-ring (bicyclic) bond motifs is 19. The van der Waals surface area contributed by atoms with E-state index in [1.807, 2.05) is 0 Å². The van der Waals surface area contributed by atoms with Crippen molar-refractivity contribution in [2.24, 2.45) is 0 Å². The number of rotatable bonds is 2. The molecule has 0 fully saturated rings. The second-order valence-electron chi connectivity index (χ2n) is 22.3. The predicted molar refractivity (Wildman–Crippen MR) is 312 cm³/mol. The maximum atomic E-state index is 6.93. The average Bonchev–Trinajstić information content (AvgIpc) is 3.83. The van der Waals surface area contributed by atoms with Crippen molar-refractivity contribution in [2.45, 2.75) is 79.1 Å². The van der Waals surface area contributed by atoms with E-state index in [0.717, 1.165) is 45.3 Å². The monoisotopic (exact) mass is 984 g/mol. The van der Waals surface area contributed by atoms with Crippen molar-refractivity contribution >= 4 is 34.1 Å². The van der Waals surface area contributed by atoms with Gasteiger partial charge in [0.25, 0.3) is 0 Å². The lowest BCUT2D eigenvalue weighted by atomic mass is 9.60. The molecule has 0 unspecified atom stereocenters. The summed E-state index contributed by atoms with van der Waals surface area (Å²) in [4.78, 5) is 5.19. The lowest BCUT2D eigenvalue weighted by molar-refractivity contribution is 0.433. The molecule has 0 atom stereocenters. The van der Waals surface area contributed by atoms with Gasteiger partial charge in [-0.25, -0.2) is 0 Å². The van der Waals surface area contributed by atoms with Gasteiger partial charge in [0.2, 0.25) is 0 Å². The third-order valence-corrected chi connectivity index (χ3v) is 17.6. The van der Waals surface area contributed by atoms with Crippen LogP contribution in [-0.2, 0) is 16.2 Å². The summed E-state index contributed by atoms with van der Waals surface area (Å²) < 4.78 is 13.9. The zero-order chi connectivity index (χ0) is 50.9. The van der Waals surface area contributed by atoms with Gasteiger partial charge >= 0.3 is 0 Å². The zero-order valence-corrected chi connectivity index (χ0v) is 43.7. The molecular weight excluding hydrogens is 925 g/mol. The Balaban J connectivity index is 0.00000528. The maximum absolute atomic E-state index is 6.93. The van der Waals surface area contributed by atoms with E-state index in [4.69, 9.17) is 9.47 Å². The zero-order valence-electron chi connectivity index (χ0n) is 43.7. The van der Waals surface area contributed by atoms with Gasteiger partial charge in [-0.2, -0.15) is 0 Å². The molecule has 0 aromatic heterocycles. The van der Waals surface area contributed by atoms with Crippen LogP contribution in [0.5, 0.6) is 23.0 Å². The van der Waals surface area contributed by atoms with Crippen molar-refractivity contribution in [1.29, 1.82) is 0 Å². The Hall–Kier alpha value is -8.60. The van der Waals surface area contributed by atoms with Crippen LogP contribution in [0.4, 0.5) is 34.1 Å². The van der Waals surface area contributed by atoms with Gasteiger partial charge in [-0.05, 0) is 169 Å². The minimum Gasteiger partial charge on any atom is -0.457 e. The van der Waals surface area contributed by atoms with E-state index in [9.17, 15) is 0 Å². The molecule has 1 aliphatic carbocycles. The van der Waals surface area contributed by atoms with E-state index in [1.165, 1.54) is 112 Å². The number of anilines is 6. The van der Waals surface area contributed by atoms with Crippen molar-refractivity contribution in [3.05, 3.63) is 283 Å². The van der Waals surface area contributed by atoms with Crippen molar-refractivity contribution < 1.29 is 9.47 Å². The Kier molecular flexibility index (Phi) is 9.65. The van der Waals surface area contributed by atoms with E-state index in [2.05, 4.69) is 259 Å². The third kappa shape index (κ3) is 5.74. The van der Waals surface area contributed by atoms with Crippen molar-refractivity contribution in [3.63, 3.8) is 0 Å². The smallest absolute Gasteiger partial charge is 0.132 e. The van der Waals surface area contributed by atoms with Crippen LogP contribution in [0.25, 0.3) is 11.1 Å². The molecule has 15 rings (SSSR count). The molecule has 5 aliphatic rings. The van der Waals surface area contributed by atoms with Crippen LogP contribution in [0.2, 0.25) is 0 Å². The van der Waals surface area contributed by atoms with E-state index in [1.54, 1.807) is 0 Å². The number of hydrogen-bond acceptors (Lipinski definition) is 4. The van der Waals surface area contributed by atoms with Crippen molar-refractivity contribution in [1.82, 2.24) is 0 Å². The van der Waals surface area contributed by atoms with Gasteiger partial charge < -0.3 is 19.3 Å². The minimum absolute atomic E-state index is 0. The van der Waals surface area contributed by atoms with Gasteiger partial charge in [0.1, 0.15) is 23.0 Å². The second kappa shape index (κ2) is 16.0. The first-order valence-electron chi connectivity index (χ1n) is 26.5. The number of benzene rings is 10. The van der Waals surface area contributed by atoms with E-state index in [0.29, 0.717) is 0 Å². The molecule has 0 N–H and O–H groups in total. The van der Waals surface area contributed by atoms with Crippen LogP contribution in [0.3, 0.4) is 0 Å². The number of nitrogens with zero attached hydrogens (tertiary/aromatic N) is 2. The van der Waals surface area contributed by atoms with Gasteiger partial charge in [0, 0.05) is 27.7 Å². The first kappa shape index (κ1) is 46.0. The minimum atomic E-state index is -0.730. The largest absolute Gasteiger partial charge is 0.457 e. The lowest BCUT2D eigenvalue weighted by Crippen LogP contribution is -2.40. The Morgan fingerprint density at radius 2 is 0.592 bits per heavy atom. The first-order valence-corrected chi connectivity index (χ1v) is 26.5. The maximum Gasteiger partial charge on any atom is 0.132 e. The number of aryl methyl sites for hydroxylation is 6. The Bertz CT molecular complexity index is 3750. The molecule has 4 heteroatoms. The van der Waals surface area contributed by atoms with Crippen LogP contribution in [0, 0.1) is 41.5 Å². The molecule has 76 heavy (non-hydrogen) atoms. The normalized spacial score (nSPS) is 15.5. The van der Waals surface area contributed by atoms with Gasteiger partial charge in [0.05, 0.1) is 45.0 Å². The molecule has 0 saturated heterocycles. The topological polar surface area (TPSA) is 24.9 Å².